The average Bonchev–Trinajstić information content (AvgIpc) is 3.33. The first kappa shape index (κ1) is 17.5. The monoisotopic (exact) mass is 368 g/mol. The van der Waals surface area contributed by atoms with E-state index in [0.717, 1.165) is 23.5 Å². The summed E-state index contributed by atoms with van der Waals surface area (Å²) in [6.45, 7) is 3.05. The Morgan fingerprint density at radius 2 is 1.96 bits per heavy atom. The molecule has 6 nitrogen and oxygen atoms in total. The summed E-state index contributed by atoms with van der Waals surface area (Å²) in [4.78, 5) is 12.1. The van der Waals surface area contributed by atoms with Gasteiger partial charge in [0, 0.05) is 0 Å². The van der Waals surface area contributed by atoms with Crippen LogP contribution in [0.15, 0.2) is 36.4 Å². The van der Waals surface area contributed by atoms with Crippen LogP contribution >= 0.6 is 0 Å². The van der Waals surface area contributed by atoms with Crippen LogP contribution in [0.3, 0.4) is 0 Å². The lowest BCUT2D eigenvalue weighted by molar-refractivity contribution is 0.174. The molecule has 0 fully saturated rings. The van der Waals surface area contributed by atoms with Gasteiger partial charge in [-0.3, -0.25) is 0 Å². The Kier molecular flexibility index (Phi) is 5.05. The van der Waals surface area contributed by atoms with E-state index in [0.29, 0.717) is 18.9 Å². The number of rotatable bonds is 6. The Morgan fingerprint density at radius 3 is 2.89 bits per heavy atom. The van der Waals surface area contributed by atoms with Crippen LogP contribution in [0.4, 0.5) is 4.79 Å². The Balaban J connectivity index is 1.20. The number of hydrogen-bond acceptors (Lipinski definition) is 4. The van der Waals surface area contributed by atoms with E-state index in [1.165, 1.54) is 24.0 Å². The maximum absolute atomic E-state index is 12.1. The van der Waals surface area contributed by atoms with Crippen molar-refractivity contribution in [3.05, 3.63) is 53.1 Å². The second kappa shape index (κ2) is 7.78. The number of carbonyl (C=O) groups is 1. The quantitative estimate of drug-likeness (QED) is 0.768. The first-order chi connectivity index (χ1) is 13.2. The van der Waals surface area contributed by atoms with Gasteiger partial charge in [-0.2, -0.15) is 0 Å². The lowest BCUT2D eigenvalue weighted by Gasteiger charge is -2.16. The smallest absolute Gasteiger partial charge is 0.315 e. The summed E-state index contributed by atoms with van der Waals surface area (Å²) in [7, 11) is 0. The van der Waals surface area contributed by atoms with Crippen molar-refractivity contribution in [1.29, 1.82) is 0 Å². The molecular formula is C21H24N2O4. The standard InChI is InChI=1S/C21H24N2O4/c1-14(16-6-8-19-20(12-16)27-13-26-19)23-21(24)22-9-10-25-18-7-5-15-3-2-4-17(15)11-18/h5-8,11-12,14H,2-4,9-10,13H2,1H3,(H2,22,23,24). The molecule has 142 valence electrons. The number of hydrogen-bond donors (Lipinski definition) is 2. The molecule has 0 bridgehead atoms. The summed E-state index contributed by atoms with van der Waals surface area (Å²) in [6.07, 6.45) is 3.52. The van der Waals surface area contributed by atoms with Crippen LogP contribution in [0, 0.1) is 0 Å². The number of benzene rings is 2. The molecule has 1 atom stereocenters. The number of fused-ring (bicyclic) bond motifs is 2. The van der Waals surface area contributed by atoms with Gasteiger partial charge >= 0.3 is 6.03 Å². The van der Waals surface area contributed by atoms with E-state index in [1.807, 2.05) is 31.2 Å². The van der Waals surface area contributed by atoms with Crippen LogP contribution in [-0.4, -0.2) is 26.0 Å². The van der Waals surface area contributed by atoms with Crippen molar-refractivity contribution < 1.29 is 19.0 Å². The molecule has 4 rings (SSSR count). The van der Waals surface area contributed by atoms with Gasteiger partial charge in [-0.05, 0) is 67.1 Å². The summed E-state index contributed by atoms with van der Waals surface area (Å²) < 4.78 is 16.4. The van der Waals surface area contributed by atoms with Crippen LogP contribution < -0.4 is 24.8 Å². The molecule has 2 amide bonds. The molecule has 0 aromatic heterocycles. The van der Waals surface area contributed by atoms with E-state index >= 15 is 0 Å². The highest BCUT2D eigenvalue weighted by atomic mass is 16.7. The molecule has 1 heterocycles. The van der Waals surface area contributed by atoms with E-state index in [4.69, 9.17) is 14.2 Å². The zero-order valence-corrected chi connectivity index (χ0v) is 15.4. The number of aryl methyl sites for hydroxylation is 2. The molecule has 2 aromatic carbocycles. The van der Waals surface area contributed by atoms with Crippen LogP contribution in [0.1, 0.15) is 36.1 Å². The molecule has 1 aliphatic carbocycles. The van der Waals surface area contributed by atoms with Crippen molar-refractivity contribution >= 4 is 6.03 Å². The first-order valence-electron chi connectivity index (χ1n) is 9.37. The maximum atomic E-state index is 12.1. The highest BCUT2D eigenvalue weighted by Crippen LogP contribution is 2.34. The topological polar surface area (TPSA) is 68.8 Å². The van der Waals surface area contributed by atoms with E-state index in [1.54, 1.807) is 0 Å². The third-order valence-electron chi connectivity index (χ3n) is 4.97. The number of nitrogens with one attached hydrogen (secondary N) is 2. The molecule has 0 radical (unpaired) electrons. The van der Waals surface area contributed by atoms with Crippen molar-refractivity contribution in [2.45, 2.75) is 32.2 Å². The summed E-state index contributed by atoms with van der Waals surface area (Å²) >= 11 is 0. The van der Waals surface area contributed by atoms with Crippen LogP contribution in [0.2, 0.25) is 0 Å². The third kappa shape index (κ3) is 4.10. The molecule has 27 heavy (non-hydrogen) atoms. The predicted molar refractivity (Wildman–Crippen MR) is 101 cm³/mol. The minimum atomic E-state index is -0.224. The van der Waals surface area contributed by atoms with Gasteiger partial charge in [0.2, 0.25) is 6.79 Å². The van der Waals surface area contributed by atoms with Gasteiger partial charge in [-0.1, -0.05) is 12.1 Å². The number of amides is 2. The van der Waals surface area contributed by atoms with Crippen molar-refractivity contribution in [1.82, 2.24) is 10.6 Å². The van der Waals surface area contributed by atoms with Gasteiger partial charge < -0.3 is 24.8 Å². The van der Waals surface area contributed by atoms with E-state index in [2.05, 4.69) is 22.8 Å². The highest BCUT2D eigenvalue weighted by Gasteiger charge is 2.17. The molecule has 2 aromatic rings. The zero-order chi connectivity index (χ0) is 18.6. The van der Waals surface area contributed by atoms with Gasteiger partial charge in [-0.15, -0.1) is 0 Å². The van der Waals surface area contributed by atoms with Gasteiger partial charge in [0.1, 0.15) is 12.4 Å². The fraction of sp³-hybridized carbons (Fsp3) is 0.381. The molecular weight excluding hydrogens is 344 g/mol. The predicted octanol–water partition coefficient (Wildman–Crippen LogP) is 3.34. The van der Waals surface area contributed by atoms with Gasteiger partial charge in [-0.25, -0.2) is 4.79 Å². The molecule has 2 aliphatic rings. The summed E-state index contributed by atoms with van der Waals surface area (Å²) in [6, 6.07) is 11.6. The number of ether oxygens (including phenoxy) is 3. The van der Waals surface area contributed by atoms with Crippen molar-refractivity contribution in [3.63, 3.8) is 0 Å². The second-order valence-corrected chi connectivity index (χ2v) is 6.87. The molecule has 0 saturated heterocycles. The normalized spacial score (nSPS) is 15.1. The Hall–Kier alpha value is -2.89. The third-order valence-corrected chi connectivity index (χ3v) is 4.97. The molecule has 1 aliphatic heterocycles. The molecule has 0 saturated carbocycles. The van der Waals surface area contributed by atoms with Gasteiger partial charge in [0.25, 0.3) is 0 Å². The fourth-order valence-electron chi connectivity index (χ4n) is 3.48. The van der Waals surface area contributed by atoms with Crippen molar-refractivity contribution in [3.8, 4) is 17.2 Å². The zero-order valence-electron chi connectivity index (χ0n) is 15.4. The minimum absolute atomic E-state index is 0.142. The van der Waals surface area contributed by atoms with Gasteiger partial charge in [0.05, 0.1) is 12.6 Å². The summed E-state index contributed by atoms with van der Waals surface area (Å²) in [5.41, 5.74) is 3.77. The van der Waals surface area contributed by atoms with E-state index in [-0.39, 0.29) is 18.9 Å². The van der Waals surface area contributed by atoms with Crippen LogP contribution in [0.25, 0.3) is 0 Å². The van der Waals surface area contributed by atoms with Crippen LogP contribution in [0.5, 0.6) is 17.2 Å². The fourth-order valence-corrected chi connectivity index (χ4v) is 3.48. The lowest BCUT2D eigenvalue weighted by atomic mass is 10.1. The summed E-state index contributed by atoms with van der Waals surface area (Å²) in [5.74, 6) is 2.31. The second-order valence-electron chi connectivity index (χ2n) is 6.87. The first-order valence-corrected chi connectivity index (χ1v) is 9.37. The molecule has 2 N–H and O–H groups in total. The minimum Gasteiger partial charge on any atom is -0.492 e. The Labute approximate surface area is 158 Å². The van der Waals surface area contributed by atoms with Gasteiger partial charge in [0.15, 0.2) is 11.5 Å². The van der Waals surface area contributed by atoms with Crippen molar-refractivity contribution in [2.75, 3.05) is 19.9 Å². The lowest BCUT2D eigenvalue weighted by Crippen LogP contribution is -2.38. The molecule has 0 spiro atoms. The molecule has 1 unspecified atom stereocenters. The highest BCUT2D eigenvalue weighted by molar-refractivity contribution is 5.74. The van der Waals surface area contributed by atoms with Crippen molar-refractivity contribution in [2.24, 2.45) is 0 Å². The number of urea groups is 1. The maximum Gasteiger partial charge on any atom is 0.315 e. The number of carbonyl (C=O) groups excluding carboxylic acids is 1. The SMILES string of the molecule is CC(NC(=O)NCCOc1ccc2c(c1)CCC2)c1ccc2c(c1)OCO2. The Morgan fingerprint density at radius 1 is 1.11 bits per heavy atom. The Bertz CT molecular complexity index is 837. The van der Waals surface area contributed by atoms with E-state index < -0.39 is 0 Å². The van der Waals surface area contributed by atoms with E-state index in [9.17, 15) is 4.79 Å². The molecule has 6 heteroatoms. The largest absolute Gasteiger partial charge is 0.492 e. The average molecular weight is 368 g/mol. The summed E-state index contributed by atoms with van der Waals surface area (Å²) in [5, 5.41) is 5.75. The van der Waals surface area contributed by atoms with Crippen LogP contribution in [-0.2, 0) is 12.8 Å².